The highest BCUT2D eigenvalue weighted by Crippen LogP contribution is 2.15. The topological polar surface area (TPSA) is 81.9 Å². The van der Waals surface area contributed by atoms with Gasteiger partial charge in [-0.1, -0.05) is 6.42 Å². The van der Waals surface area contributed by atoms with Crippen LogP contribution in [0.4, 0.5) is 4.79 Å². The second-order valence-corrected chi connectivity index (χ2v) is 6.34. The second-order valence-electron chi connectivity index (χ2n) is 6.34. The number of carbonyl (C=O) groups excluding carboxylic acids is 2. The lowest BCUT2D eigenvalue weighted by atomic mass is 10.0. The highest BCUT2D eigenvalue weighted by Gasteiger charge is 2.22. The number of piperazine rings is 1. The first-order valence-electron chi connectivity index (χ1n) is 8.34. The van der Waals surface area contributed by atoms with Gasteiger partial charge in [0.25, 0.3) is 0 Å². The number of nitrogens with zero attached hydrogens (tertiary/aromatic N) is 3. The van der Waals surface area contributed by atoms with E-state index in [4.69, 9.17) is 5.73 Å². The fourth-order valence-corrected chi connectivity index (χ4v) is 3.24. The van der Waals surface area contributed by atoms with Gasteiger partial charge in [0, 0.05) is 45.3 Å². The third-order valence-corrected chi connectivity index (χ3v) is 4.65. The molecular formula is C15H29N5O2. The molecule has 7 nitrogen and oxygen atoms in total. The zero-order valence-corrected chi connectivity index (χ0v) is 13.6. The molecule has 0 unspecified atom stereocenters. The molecule has 0 bridgehead atoms. The Labute approximate surface area is 132 Å². The Morgan fingerprint density at radius 2 is 1.86 bits per heavy atom. The van der Waals surface area contributed by atoms with E-state index in [-0.39, 0.29) is 18.5 Å². The van der Waals surface area contributed by atoms with Crippen LogP contribution in [0.2, 0.25) is 0 Å². The van der Waals surface area contributed by atoms with E-state index < -0.39 is 0 Å². The minimum atomic E-state index is -0.312. The molecule has 0 aromatic rings. The van der Waals surface area contributed by atoms with E-state index in [0.717, 1.165) is 13.1 Å². The Morgan fingerprint density at radius 3 is 2.50 bits per heavy atom. The summed E-state index contributed by atoms with van der Waals surface area (Å²) in [5.41, 5.74) is 5.19. The Kier molecular flexibility index (Phi) is 6.45. The fraction of sp³-hybridized carbons (Fsp3) is 0.867. The van der Waals surface area contributed by atoms with Crippen LogP contribution in [0, 0.1) is 0 Å². The van der Waals surface area contributed by atoms with Crippen molar-refractivity contribution in [3.05, 3.63) is 0 Å². The Balaban J connectivity index is 1.62. The number of primary amides is 1. The van der Waals surface area contributed by atoms with Crippen molar-refractivity contribution in [1.82, 2.24) is 20.0 Å². The van der Waals surface area contributed by atoms with Gasteiger partial charge in [-0.25, -0.2) is 4.79 Å². The molecule has 2 saturated heterocycles. The van der Waals surface area contributed by atoms with E-state index in [2.05, 4.69) is 17.1 Å². The predicted molar refractivity (Wildman–Crippen MR) is 85.5 cm³/mol. The van der Waals surface area contributed by atoms with E-state index in [1.807, 2.05) is 9.80 Å². The van der Waals surface area contributed by atoms with Crippen LogP contribution in [0.1, 0.15) is 26.2 Å². The van der Waals surface area contributed by atoms with Crippen molar-refractivity contribution in [2.45, 2.75) is 32.2 Å². The van der Waals surface area contributed by atoms with Crippen molar-refractivity contribution < 1.29 is 9.59 Å². The molecule has 126 valence electrons. The molecule has 0 spiro atoms. The molecule has 0 radical (unpaired) electrons. The molecule has 2 rings (SSSR count). The lowest BCUT2D eigenvalue weighted by molar-refractivity contribution is -0.119. The van der Waals surface area contributed by atoms with Gasteiger partial charge in [-0.05, 0) is 26.3 Å². The molecule has 3 amide bonds. The van der Waals surface area contributed by atoms with Gasteiger partial charge in [-0.3, -0.25) is 14.6 Å². The first-order chi connectivity index (χ1) is 10.6. The molecule has 2 aliphatic rings. The van der Waals surface area contributed by atoms with Crippen LogP contribution in [0.5, 0.6) is 0 Å². The molecule has 0 aromatic heterocycles. The summed E-state index contributed by atoms with van der Waals surface area (Å²) in [5, 5.41) is 3.01. The molecule has 2 heterocycles. The molecule has 7 heteroatoms. The average molecular weight is 311 g/mol. The average Bonchev–Trinajstić information content (AvgIpc) is 2.49. The number of piperidine rings is 1. The van der Waals surface area contributed by atoms with Crippen LogP contribution in [-0.2, 0) is 4.79 Å². The lowest BCUT2D eigenvalue weighted by Gasteiger charge is -2.35. The zero-order chi connectivity index (χ0) is 15.9. The highest BCUT2D eigenvalue weighted by atomic mass is 16.2. The molecule has 2 aliphatic heterocycles. The maximum atomic E-state index is 12.1. The number of nitrogens with two attached hydrogens (primary N) is 1. The fourth-order valence-electron chi connectivity index (χ4n) is 3.24. The monoisotopic (exact) mass is 311 g/mol. The molecular weight excluding hydrogens is 282 g/mol. The van der Waals surface area contributed by atoms with E-state index in [1.54, 1.807) is 0 Å². The minimum Gasteiger partial charge on any atom is -0.369 e. The minimum absolute atomic E-state index is 0.00314. The van der Waals surface area contributed by atoms with E-state index in [1.165, 1.54) is 19.3 Å². The van der Waals surface area contributed by atoms with Crippen LogP contribution < -0.4 is 11.1 Å². The summed E-state index contributed by atoms with van der Waals surface area (Å²) in [4.78, 5) is 29.3. The van der Waals surface area contributed by atoms with Gasteiger partial charge in [0.2, 0.25) is 5.91 Å². The maximum absolute atomic E-state index is 12.1. The predicted octanol–water partition coefficient (Wildman–Crippen LogP) is -0.327. The van der Waals surface area contributed by atoms with Crippen LogP contribution >= 0.6 is 0 Å². The van der Waals surface area contributed by atoms with Gasteiger partial charge in [-0.15, -0.1) is 0 Å². The number of carbonyl (C=O) groups is 2. The van der Waals surface area contributed by atoms with Crippen LogP contribution in [0.15, 0.2) is 0 Å². The number of hydrogen-bond donors (Lipinski definition) is 2. The van der Waals surface area contributed by atoms with Crippen LogP contribution in [-0.4, -0.2) is 85.0 Å². The number of hydrogen-bond acceptors (Lipinski definition) is 4. The maximum Gasteiger partial charge on any atom is 0.317 e. The second kappa shape index (κ2) is 8.33. The molecule has 22 heavy (non-hydrogen) atoms. The molecule has 3 N–H and O–H groups in total. The third-order valence-electron chi connectivity index (χ3n) is 4.65. The molecule has 2 fully saturated rings. The number of rotatable bonds is 5. The lowest BCUT2D eigenvalue weighted by Crippen LogP contribution is -2.54. The largest absolute Gasteiger partial charge is 0.369 e. The van der Waals surface area contributed by atoms with E-state index >= 15 is 0 Å². The number of amides is 3. The summed E-state index contributed by atoms with van der Waals surface area (Å²) in [6, 6.07) is 0.631. The van der Waals surface area contributed by atoms with E-state index in [9.17, 15) is 9.59 Å². The van der Waals surface area contributed by atoms with Gasteiger partial charge in [0.15, 0.2) is 0 Å². The first-order valence-corrected chi connectivity index (χ1v) is 8.34. The summed E-state index contributed by atoms with van der Waals surface area (Å²) < 4.78 is 0. The van der Waals surface area contributed by atoms with Gasteiger partial charge < -0.3 is 16.0 Å². The van der Waals surface area contributed by atoms with Crippen molar-refractivity contribution in [2.75, 3.05) is 52.4 Å². The normalized spacial score (nSPS) is 24.2. The molecule has 0 saturated carbocycles. The van der Waals surface area contributed by atoms with Crippen molar-refractivity contribution in [1.29, 1.82) is 0 Å². The van der Waals surface area contributed by atoms with Crippen LogP contribution in [0.3, 0.4) is 0 Å². The first kappa shape index (κ1) is 17.0. The Hall–Kier alpha value is -1.34. The van der Waals surface area contributed by atoms with Gasteiger partial charge >= 0.3 is 6.03 Å². The summed E-state index contributed by atoms with van der Waals surface area (Å²) in [6.45, 7) is 8.03. The van der Waals surface area contributed by atoms with Crippen molar-refractivity contribution in [3.63, 3.8) is 0 Å². The zero-order valence-electron chi connectivity index (χ0n) is 13.6. The van der Waals surface area contributed by atoms with Gasteiger partial charge in [0.05, 0.1) is 6.54 Å². The number of likely N-dealkylation sites (tertiary alicyclic amines) is 1. The Morgan fingerprint density at radius 1 is 1.14 bits per heavy atom. The summed E-state index contributed by atoms with van der Waals surface area (Å²) in [6.07, 6.45) is 3.84. The van der Waals surface area contributed by atoms with Gasteiger partial charge in [-0.2, -0.15) is 0 Å². The smallest absolute Gasteiger partial charge is 0.317 e. The summed E-state index contributed by atoms with van der Waals surface area (Å²) in [7, 11) is 0. The molecule has 1 atom stereocenters. The SMILES string of the molecule is C[C@H]1CCCCN1CCNC(=O)N1CCN(CC(N)=O)CC1. The highest BCUT2D eigenvalue weighted by molar-refractivity contribution is 5.76. The van der Waals surface area contributed by atoms with E-state index in [0.29, 0.717) is 38.8 Å². The number of nitrogens with one attached hydrogen (secondary N) is 1. The summed E-state index contributed by atoms with van der Waals surface area (Å²) >= 11 is 0. The van der Waals surface area contributed by atoms with Gasteiger partial charge in [0.1, 0.15) is 0 Å². The summed E-state index contributed by atoms with van der Waals surface area (Å²) in [5.74, 6) is -0.312. The molecule has 0 aliphatic carbocycles. The van der Waals surface area contributed by atoms with Crippen molar-refractivity contribution in [3.8, 4) is 0 Å². The third kappa shape index (κ3) is 5.14. The number of urea groups is 1. The Bertz CT molecular complexity index is 382. The molecule has 0 aromatic carbocycles. The van der Waals surface area contributed by atoms with Crippen molar-refractivity contribution >= 4 is 11.9 Å². The van der Waals surface area contributed by atoms with Crippen molar-refractivity contribution in [2.24, 2.45) is 5.73 Å². The quantitative estimate of drug-likeness (QED) is 0.729. The standard InChI is InChI=1S/C15H29N5O2/c1-13-4-2-3-6-19(13)7-5-17-15(22)20-10-8-18(9-11-20)12-14(16)21/h13H,2-12H2,1H3,(H2,16,21)(H,17,22)/t13-/m0/s1. The van der Waals surface area contributed by atoms with Crippen LogP contribution in [0.25, 0.3) is 0 Å².